The standard InChI is InChI=1S/C20H23N7O2.C8H10O/c1-10(2)16-25-18(29-27-16)14-9-22-19(24-15(14)21)23-12-6-5-11-8-20(3,4)26-17(28)13(11)7-12;9-7-6-8-4-2-1-3-5-8/h5-7,9-10H,8H2,1-4H3,(H,26,28)(H3,21,22,23,24);1-5,9H,6-7H2. The molecule has 0 unspecified atom stereocenters. The van der Waals surface area contributed by atoms with Crippen LogP contribution in [0, 0.1) is 0 Å². The van der Waals surface area contributed by atoms with Crippen LogP contribution in [0.1, 0.15) is 60.9 Å². The van der Waals surface area contributed by atoms with Gasteiger partial charge in [-0.2, -0.15) is 9.97 Å². The van der Waals surface area contributed by atoms with Gasteiger partial charge >= 0.3 is 0 Å². The van der Waals surface area contributed by atoms with Crippen LogP contribution in [0.4, 0.5) is 17.5 Å². The van der Waals surface area contributed by atoms with Crippen LogP contribution >= 0.6 is 0 Å². The first kappa shape index (κ1) is 26.7. The molecule has 10 heteroatoms. The molecule has 5 rings (SSSR count). The fraction of sp³-hybridized carbons (Fsp3) is 0.321. The molecule has 0 spiro atoms. The van der Waals surface area contributed by atoms with Gasteiger partial charge < -0.3 is 26.0 Å². The number of hydrogen-bond acceptors (Lipinski definition) is 9. The van der Waals surface area contributed by atoms with Crippen molar-refractivity contribution in [1.29, 1.82) is 0 Å². The minimum atomic E-state index is -0.253. The van der Waals surface area contributed by atoms with Crippen molar-refractivity contribution in [1.82, 2.24) is 25.4 Å². The fourth-order valence-electron chi connectivity index (χ4n) is 4.02. The molecule has 0 aliphatic carbocycles. The summed E-state index contributed by atoms with van der Waals surface area (Å²) >= 11 is 0. The zero-order chi connectivity index (χ0) is 27.3. The van der Waals surface area contributed by atoms with Crippen LogP contribution in [0.2, 0.25) is 0 Å². The highest BCUT2D eigenvalue weighted by molar-refractivity contribution is 5.98. The lowest BCUT2D eigenvalue weighted by atomic mass is 9.87. The van der Waals surface area contributed by atoms with Crippen molar-refractivity contribution in [2.24, 2.45) is 0 Å². The van der Waals surface area contributed by atoms with Crippen LogP contribution in [-0.4, -0.2) is 43.3 Å². The highest BCUT2D eigenvalue weighted by atomic mass is 16.5. The van der Waals surface area contributed by atoms with Gasteiger partial charge in [0, 0.05) is 35.5 Å². The van der Waals surface area contributed by atoms with Crippen molar-refractivity contribution in [3.8, 4) is 11.5 Å². The van der Waals surface area contributed by atoms with Crippen molar-refractivity contribution < 1.29 is 14.4 Å². The molecule has 0 bridgehead atoms. The van der Waals surface area contributed by atoms with E-state index in [0.29, 0.717) is 28.6 Å². The largest absolute Gasteiger partial charge is 0.396 e. The summed E-state index contributed by atoms with van der Waals surface area (Å²) < 4.78 is 5.26. The summed E-state index contributed by atoms with van der Waals surface area (Å²) in [6.45, 7) is 8.20. The van der Waals surface area contributed by atoms with Crippen molar-refractivity contribution in [3.05, 3.63) is 77.2 Å². The molecule has 38 heavy (non-hydrogen) atoms. The molecule has 2 aromatic carbocycles. The monoisotopic (exact) mass is 515 g/mol. The van der Waals surface area contributed by atoms with Gasteiger partial charge in [0.1, 0.15) is 11.4 Å². The van der Waals surface area contributed by atoms with E-state index in [0.717, 1.165) is 18.4 Å². The first-order chi connectivity index (χ1) is 18.1. The number of nitrogen functional groups attached to an aromatic ring is 1. The Morgan fingerprint density at radius 2 is 1.89 bits per heavy atom. The van der Waals surface area contributed by atoms with Gasteiger partial charge in [-0.15, -0.1) is 0 Å². The molecule has 198 valence electrons. The van der Waals surface area contributed by atoms with Gasteiger partial charge in [0.2, 0.25) is 5.95 Å². The number of rotatable bonds is 6. The van der Waals surface area contributed by atoms with E-state index in [1.807, 2.05) is 70.2 Å². The van der Waals surface area contributed by atoms with Crippen molar-refractivity contribution in [2.75, 3.05) is 17.7 Å². The highest BCUT2D eigenvalue weighted by Gasteiger charge is 2.29. The molecule has 0 saturated carbocycles. The molecular formula is C28H33N7O3. The second-order valence-electron chi connectivity index (χ2n) is 10.1. The molecule has 1 aliphatic rings. The number of amides is 1. The lowest BCUT2D eigenvalue weighted by molar-refractivity contribution is 0.0897. The van der Waals surface area contributed by atoms with Gasteiger partial charge in [-0.25, -0.2) is 4.98 Å². The molecule has 3 heterocycles. The summed E-state index contributed by atoms with van der Waals surface area (Å²) in [5.74, 6) is 1.46. The minimum Gasteiger partial charge on any atom is -0.396 e. The van der Waals surface area contributed by atoms with Gasteiger partial charge in [-0.3, -0.25) is 4.79 Å². The lowest BCUT2D eigenvalue weighted by Gasteiger charge is -2.32. The van der Waals surface area contributed by atoms with Crippen LogP contribution in [0.3, 0.4) is 0 Å². The Labute approximate surface area is 221 Å². The summed E-state index contributed by atoms with van der Waals surface area (Å²) in [6, 6.07) is 15.6. The van der Waals surface area contributed by atoms with Gasteiger partial charge in [0.05, 0.1) is 0 Å². The Hall–Kier alpha value is -4.31. The van der Waals surface area contributed by atoms with Crippen LogP contribution in [0.15, 0.2) is 59.3 Å². The molecule has 0 saturated heterocycles. The van der Waals surface area contributed by atoms with E-state index in [1.165, 1.54) is 11.8 Å². The first-order valence-electron chi connectivity index (χ1n) is 12.5. The zero-order valence-electron chi connectivity index (χ0n) is 22.0. The van der Waals surface area contributed by atoms with Gasteiger partial charge in [-0.1, -0.05) is 55.4 Å². The zero-order valence-corrected chi connectivity index (χ0v) is 22.0. The number of carbonyl (C=O) groups excluding carboxylic acids is 1. The number of aliphatic hydroxyl groups excluding tert-OH is 1. The van der Waals surface area contributed by atoms with E-state index in [-0.39, 0.29) is 35.7 Å². The maximum atomic E-state index is 12.4. The van der Waals surface area contributed by atoms with E-state index < -0.39 is 0 Å². The summed E-state index contributed by atoms with van der Waals surface area (Å²) in [5.41, 5.74) is 9.84. The first-order valence-corrected chi connectivity index (χ1v) is 12.5. The summed E-state index contributed by atoms with van der Waals surface area (Å²) in [7, 11) is 0. The number of aromatic nitrogens is 4. The normalized spacial score (nSPS) is 13.8. The van der Waals surface area contributed by atoms with Crippen molar-refractivity contribution >= 4 is 23.4 Å². The smallest absolute Gasteiger partial charge is 0.263 e. The molecule has 0 atom stereocenters. The molecule has 2 aromatic heterocycles. The predicted molar refractivity (Wildman–Crippen MR) is 146 cm³/mol. The van der Waals surface area contributed by atoms with E-state index in [2.05, 4.69) is 30.7 Å². The Bertz CT molecular complexity index is 1400. The Morgan fingerprint density at radius 1 is 1.13 bits per heavy atom. The maximum Gasteiger partial charge on any atom is 0.263 e. The second-order valence-corrected chi connectivity index (χ2v) is 10.1. The molecule has 1 amide bonds. The van der Waals surface area contributed by atoms with Crippen LogP contribution in [0.25, 0.3) is 11.5 Å². The number of fused-ring (bicyclic) bond motifs is 1. The average Bonchev–Trinajstić information content (AvgIpc) is 3.36. The number of nitrogens with one attached hydrogen (secondary N) is 2. The molecule has 0 radical (unpaired) electrons. The van der Waals surface area contributed by atoms with Crippen LogP contribution in [0.5, 0.6) is 0 Å². The summed E-state index contributed by atoms with van der Waals surface area (Å²) in [6.07, 6.45) is 3.08. The number of aliphatic hydroxyl groups is 1. The van der Waals surface area contributed by atoms with Crippen molar-refractivity contribution in [3.63, 3.8) is 0 Å². The minimum absolute atomic E-state index is 0.0898. The Balaban J connectivity index is 0.000000317. The number of benzene rings is 2. The van der Waals surface area contributed by atoms with Gasteiger partial charge in [0.25, 0.3) is 11.8 Å². The third kappa shape index (κ3) is 6.51. The molecule has 0 fully saturated rings. The van der Waals surface area contributed by atoms with E-state index in [1.54, 1.807) is 6.07 Å². The summed E-state index contributed by atoms with van der Waals surface area (Å²) in [4.78, 5) is 25.3. The van der Waals surface area contributed by atoms with E-state index in [4.69, 9.17) is 15.4 Å². The van der Waals surface area contributed by atoms with Crippen molar-refractivity contribution in [2.45, 2.75) is 52.0 Å². The molecule has 10 nitrogen and oxygen atoms in total. The van der Waals surface area contributed by atoms with Gasteiger partial charge in [0.15, 0.2) is 5.82 Å². The van der Waals surface area contributed by atoms with Crippen LogP contribution < -0.4 is 16.4 Å². The molecule has 5 N–H and O–H groups in total. The molecule has 1 aliphatic heterocycles. The average molecular weight is 516 g/mol. The van der Waals surface area contributed by atoms with Crippen LogP contribution in [-0.2, 0) is 12.8 Å². The van der Waals surface area contributed by atoms with E-state index in [9.17, 15) is 4.79 Å². The molecule has 4 aromatic rings. The Kier molecular flexibility index (Phi) is 8.02. The van der Waals surface area contributed by atoms with Gasteiger partial charge in [-0.05, 0) is 49.9 Å². The summed E-state index contributed by atoms with van der Waals surface area (Å²) in [5, 5.41) is 18.5. The highest BCUT2D eigenvalue weighted by Crippen LogP contribution is 2.28. The SMILES string of the molecule is CC(C)c1noc(-c2cnc(Nc3ccc4c(c3)C(=O)NC(C)(C)C4)nc2N)n1.OCCc1ccccc1. The quantitative estimate of drug-likeness (QED) is 0.295. The number of nitrogens with two attached hydrogens (primary N) is 1. The topological polar surface area (TPSA) is 152 Å². The van der Waals surface area contributed by atoms with E-state index >= 15 is 0 Å². The maximum absolute atomic E-state index is 12.4. The number of nitrogens with zero attached hydrogens (tertiary/aromatic N) is 4. The second kappa shape index (κ2) is 11.4. The third-order valence-electron chi connectivity index (χ3n) is 5.95. The Morgan fingerprint density at radius 3 is 2.55 bits per heavy atom. The molecular weight excluding hydrogens is 482 g/mol. The number of anilines is 3. The predicted octanol–water partition coefficient (Wildman–Crippen LogP) is 4.26. The fourth-order valence-corrected chi connectivity index (χ4v) is 4.02. The lowest BCUT2D eigenvalue weighted by Crippen LogP contribution is -2.49. The number of carbonyl (C=O) groups is 1. The third-order valence-corrected chi connectivity index (χ3v) is 5.95. The number of hydrogen-bond donors (Lipinski definition) is 4.